The van der Waals surface area contributed by atoms with Crippen molar-refractivity contribution in [3.8, 4) is 0 Å². The first-order valence-electron chi connectivity index (χ1n) is 6.59. The molecule has 96 valence electrons. The lowest BCUT2D eigenvalue weighted by molar-refractivity contribution is -0.121. The summed E-state index contributed by atoms with van der Waals surface area (Å²) < 4.78 is 1.28. The fourth-order valence-corrected chi connectivity index (χ4v) is 2.37. The van der Waals surface area contributed by atoms with Gasteiger partial charge in [-0.1, -0.05) is 0 Å². The van der Waals surface area contributed by atoms with Crippen molar-refractivity contribution in [3.63, 3.8) is 0 Å². The minimum Gasteiger partial charge on any atom is -0.370 e. The van der Waals surface area contributed by atoms with Gasteiger partial charge in [0.25, 0.3) is 5.56 Å². The molecule has 0 amide bonds. The van der Waals surface area contributed by atoms with E-state index in [-0.39, 0.29) is 23.8 Å². The number of rotatable bonds is 4. The maximum atomic E-state index is 11.9. The molecule has 5 heteroatoms. The monoisotopic (exact) mass is 247 g/mol. The molecule has 1 aromatic rings. The van der Waals surface area contributed by atoms with Gasteiger partial charge in [0.05, 0.1) is 11.9 Å². The van der Waals surface area contributed by atoms with Gasteiger partial charge >= 0.3 is 0 Å². The summed E-state index contributed by atoms with van der Waals surface area (Å²) in [6.07, 6.45) is 5.98. The molecule has 2 aliphatic rings. The fraction of sp³-hybridized carbons (Fsp3) is 0.615. The van der Waals surface area contributed by atoms with Gasteiger partial charge in [0.15, 0.2) is 5.78 Å². The molecule has 0 radical (unpaired) electrons. The van der Waals surface area contributed by atoms with E-state index in [9.17, 15) is 9.59 Å². The normalized spacial score (nSPS) is 19.2. The highest BCUT2D eigenvalue weighted by Crippen LogP contribution is 2.30. The standard InChI is InChI=1S/C13H17N3O2/c17-12(10-3-4-10)9-16-13(18)7-11(8-14-16)15-5-1-2-6-15/h7-8,10H,1-6,9H2. The lowest BCUT2D eigenvalue weighted by atomic mass is 10.2. The van der Waals surface area contributed by atoms with Crippen LogP contribution in [0.3, 0.4) is 0 Å². The molecule has 1 aliphatic carbocycles. The van der Waals surface area contributed by atoms with E-state index in [1.807, 2.05) is 0 Å². The van der Waals surface area contributed by atoms with Crippen LogP contribution in [0.5, 0.6) is 0 Å². The highest BCUT2D eigenvalue weighted by Gasteiger charge is 2.29. The first-order valence-corrected chi connectivity index (χ1v) is 6.59. The van der Waals surface area contributed by atoms with Gasteiger partial charge in [0.2, 0.25) is 0 Å². The van der Waals surface area contributed by atoms with Crippen LogP contribution < -0.4 is 10.5 Å². The Morgan fingerprint density at radius 2 is 2.06 bits per heavy atom. The minimum atomic E-state index is -0.173. The number of carbonyl (C=O) groups excluding carboxylic acids is 1. The van der Waals surface area contributed by atoms with E-state index in [0.29, 0.717) is 0 Å². The molecule has 5 nitrogen and oxygen atoms in total. The molecule has 1 aromatic heterocycles. The van der Waals surface area contributed by atoms with E-state index in [1.54, 1.807) is 12.3 Å². The lowest BCUT2D eigenvalue weighted by Gasteiger charge is -2.16. The first kappa shape index (κ1) is 11.4. The van der Waals surface area contributed by atoms with Crippen molar-refractivity contribution in [1.82, 2.24) is 9.78 Å². The number of hydrogen-bond acceptors (Lipinski definition) is 4. The molecule has 1 saturated carbocycles. The Balaban J connectivity index is 1.75. The number of hydrogen-bond donors (Lipinski definition) is 0. The second kappa shape index (κ2) is 4.55. The Labute approximate surface area is 105 Å². The second-order valence-electron chi connectivity index (χ2n) is 5.14. The highest BCUT2D eigenvalue weighted by molar-refractivity contribution is 5.82. The number of aromatic nitrogens is 2. The zero-order valence-corrected chi connectivity index (χ0v) is 10.3. The summed E-state index contributed by atoms with van der Waals surface area (Å²) in [7, 11) is 0. The van der Waals surface area contributed by atoms with Gasteiger partial charge in [-0.2, -0.15) is 5.10 Å². The van der Waals surface area contributed by atoms with Gasteiger partial charge in [-0.25, -0.2) is 4.68 Å². The first-order chi connectivity index (χ1) is 8.74. The maximum Gasteiger partial charge on any atom is 0.269 e. The summed E-state index contributed by atoms with van der Waals surface area (Å²) in [6.45, 7) is 2.11. The molecule has 0 N–H and O–H groups in total. The van der Waals surface area contributed by atoms with Crippen LogP contribution in [0.2, 0.25) is 0 Å². The average molecular weight is 247 g/mol. The van der Waals surface area contributed by atoms with Crippen LogP contribution in [0.25, 0.3) is 0 Å². The molecule has 18 heavy (non-hydrogen) atoms. The van der Waals surface area contributed by atoms with Gasteiger partial charge < -0.3 is 4.90 Å². The van der Waals surface area contributed by atoms with Crippen LogP contribution >= 0.6 is 0 Å². The third-order valence-electron chi connectivity index (χ3n) is 3.66. The molecule has 2 fully saturated rings. The van der Waals surface area contributed by atoms with Crippen LogP contribution in [0.15, 0.2) is 17.1 Å². The molecule has 0 aromatic carbocycles. The summed E-state index contributed by atoms with van der Waals surface area (Å²) >= 11 is 0. The molecular formula is C13H17N3O2. The molecule has 0 unspecified atom stereocenters. The molecule has 0 bridgehead atoms. The van der Waals surface area contributed by atoms with E-state index in [4.69, 9.17) is 0 Å². The molecule has 1 saturated heterocycles. The second-order valence-corrected chi connectivity index (χ2v) is 5.14. The fourth-order valence-electron chi connectivity index (χ4n) is 2.37. The number of carbonyl (C=O) groups is 1. The highest BCUT2D eigenvalue weighted by atomic mass is 16.1. The lowest BCUT2D eigenvalue weighted by Crippen LogP contribution is -2.29. The predicted octanol–water partition coefficient (Wildman–Crippen LogP) is 0.823. The summed E-state index contributed by atoms with van der Waals surface area (Å²) in [5.41, 5.74) is 0.709. The predicted molar refractivity (Wildman–Crippen MR) is 67.7 cm³/mol. The van der Waals surface area contributed by atoms with Crippen LogP contribution in [-0.2, 0) is 11.3 Å². The number of Topliss-reactive ketones (excluding diaryl/α,β-unsaturated/α-hetero) is 1. The van der Waals surface area contributed by atoms with Gasteiger partial charge in [-0.05, 0) is 25.7 Å². The van der Waals surface area contributed by atoms with E-state index in [0.717, 1.165) is 31.6 Å². The maximum absolute atomic E-state index is 11.9. The van der Waals surface area contributed by atoms with E-state index in [1.165, 1.54) is 17.5 Å². The van der Waals surface area contributed by atoms with Gasteiger partial charge in [0, 0.05) is 25.1 Å². The van der Waals surface area contributed by atoms with Crippen molar-refractivity contribution < 1.29 is 4.79 Å². The summed E-state index contributed by atoms with van der Waals surface area (Å²) in [5.74, 6) is 0.315. The third kappa shape index (κ3) is 2.30. The van der Waals surface area contributed by atoms with Crippen molar-refractivity contribution >= 4 is 11.5 Å². The van der Waals surface area contributed by atoms with Crippen molar-refractivity contribution in [2.75, 3.05) is 18.0 Å². The smallest absolute Gasteiger partial charge is 0.269 e. The SMILES string of the molecule is O=C(Cn1ncc(N2CCCC2)cc1=O)C1CC1. The molecule has 0 spiro atoms. The Kier molecular flexibility index (Phi) is 2.89. The van der Waals surface area contributed by atoms with Crippen molar-refractivity contribution in [2.45, 2.75) is 32.2 Å². The zero-order chi connectivity index (χ0) is 12.5. The van der Waals surface area contributed by atoms with Gasteiger partial charge in [0.1, 0.15) is 6.54 Å². The van der Waals surface area contributed by atoms with E-state index in [2.05, 4.69) is 10.00 Å². The minimum absolute atomic E-state index is 0.129. The van der Waals surface area contributed by atoms with Gasteiger partial charge in [-0.3, -0.25) is 9.59 Å². The zero-order valence-electron chi connectivity index (χ0n) is 10.3. The Morgan fingerprint density at radius 3 is 2.67 bits per heavy atom. The molecule has 2 heterocycles. The molecule has 0 atom stereocenters. The van der Waals surface area contributed by atoms with E-state index < -0.39 is 0 Å². The van der Waals surface area contributed by atoms with Gasteiger partial charge in [-0.15, -0.1) is 0 Å². The number of nitrogens with zero attached hydrogens (tertiary/aromatic N) is 3. The van der Waals surface area contributed by atoms with Crippen molar-refractivity contribution in [2.24, 2.45) is 5.92 Å². The largest absolute Gasteiger partial charge is 0.370 e. The quantitative estimate of drug-likeness (QED) is 0.790. The Morgan fingerprint density at radius 1 is 1.33 bits per heavy atom. The topological polar surface area (TPSA) is 55.2 Å². The van der Waals surface area contributed by atoms with Crippen LogP contribution in [0.4, 0.5) is 5.69 Å². The third-order valence-corrected chi connectivity index (χ3v) is 3.66. The summed E-state index contributed by atoms with van der Waals surface area (Å²) in [4.78, 5) is 25.7. The van der Waals surface area contributed by atoms with Crippen molar-refractivity contribution in [3.05, 3.63) is 22.6 Å². The number of ketones is 1. The Hall–Kier alpha value is -1.65. The molecule has 3 rings (SSSR count). The average Bonchev–Trinajstić information content (AvgIpc) is 3.07. The van der Waals surface area contributed by atoms with E-state index >= 15 is 0 Å². The van der Waals surface area contributed by atoms with Crippen LogP contribution in [0.1, 0.15) is 25.7 Å². The van der Waals surface area contributed by atoms with Crippen LogP contribution in [0, 0.1) is 5.92 Å². The summed E-state index contributed by atoms with van der Waals surface area (Å²) in [5, 5.41) is 4.11. The Bertz CT molecular complexity index is 513. The summed E-state index contributed by atoms with van der Waals surface area (Å²) in [6, 6.07) is 1.60. The molecular weight excluding hydrogens is 230 g/mol. The number of anilines is 1. The molecule has 1 aliphatic heterocycles. The van der Waals surface area contributed by atoms with Crippen molar-refractivity contribution in [1.29, 1.82) is 0 Å². The van der Waals surface area contributed by atoms with Crippen LogP contribution in [-0.4, -0.2) is 28.7 Å².